The molecule has 2 heterocycles. The molecule has 0 radical (unpaired) electrons. The van der Waals surface area contributed by atoms with Crippen LogP contribution in [0.15, 0.2) is 23.8 Å². The van der Waals surface area contributed by atoms with Gasteiger partial charge in [0.05, 0.1) is 19.8 Å². The molecular formula is C16H24O7. The molecule has 3 aliphatic rings. The third kappa shape index (κ3) is 2.66. The molecule has 23 heavy (non-hydrogen) atoms. The number of aliphatic hydroxyl groups excluding tert-OH is 4. The highest BCUT2D eigenvalue weighted by Gasteiger charge is 2.52. The average Bonchev–Trinajstić information content (AvgIpc) is 3.03. The number of hydrogen-bond acceptors (Lipinski definition) is 7. The van der Waals surface area contributed by atoms with Gasteiger partial charge in [0.15, 0.2) is 6.29 Å². The standard InChI is InChI=1S/C16H24O7/c1-8-6-22-16(9(2)3-4-10(8)16)7-21-15-14(20)13(19)12(18)11(5-17)23-15/h3,10-15,17-20H,1,4-7H2,2H3. The molecule has 3 rings (SSSR count). The van der Waals surface area contributed by atoms with Gasteiger partial charge in [-0.15, -0.1) is 0 Å². The van der Waals surface area contributed by atoms with Gasteiger partial charge in [0, 0.05) is 5.92 Å². The van der Waals surface area contributed by atoms with Crippen molar-refractivity contribution in [3.05, 3.63) is 23.8 Å². The third-order valence-corrected chi connectivity index (χ3v) is 5.21. The minimum Gasteiger partial charge on any atom is -0.394 e. The molecule has 2 aliphatic heterocycles. The van der Waals surface area contributed by atoms with E-state index in [2.05, 4.69) is 12.7 Å². The molecule has 7 heteroatoms. The molecule has 0 aromatic carbocycles. The summed E-state index contributed by atoms with van der Waals surface area (Å²) in [6.07, 6.45) is -3.44. The van der Waals surface area contributed by atoms with E-state index in [1.165, 1.54) is 0 Å². The Morgan fingerprint density at radius 3 is 2.74 bits per heavy atom. The van der Waals surface area contributed by atoms with Crippen LogP contribution in [-0.2, 0) is 14.2 Å². The second-order valence-electron chi connectivity index (χ2n) is 6.52. The molecule has 0 aromatic rings. The van der Waals surface area contributed by atoms with Gasteiger partial charge in [0.1, 0.15) is 30.0 Å². The predicted molar refractivity (Wildman–Crippen MR) is 79.4 cm³/mol. The van der Waals surface area contributed by atoms with Gasteiger partial charge in [0.2, 0.25) is 0 Å². The van der Waals surface area contributed by atoms with Crippen LogP contribution < -0.4 is 0 Å². The van der Waals surface area contributed by atoms with Crippen molar-refractivity contribution in [2.45, 2.75) is 49.7 Å². The van der Waals surface area contributed by atoms with Crippen molar-refractivity contribution in [3.63, 3.8) is 0 Å². The first-order valence-electron chi connectivity index (χ1n) is 7.81. The molecule has 0 bridgehead atoms. The summed E-state index contributed by atoms with van der Waals surface area (Å²) >= 11 is 0. The van der Waals surface area contributed by atoms with Gasteiger partial charge in [-0.05, 0) is 24.5 Å². The molecule has 0 saturated carbocycles. The first-order chi connectivity index (χ1) is 10.9. The van der Waals surface area contributed by atoms with Gasteiger partial charge in [-0.3, -0.25) is 0 Å². The van der Waals surface area contributed by atoms with Crippen molar-refractivity contribution >= 4 is 0 Å². The smallest absolute Gasteiger partial charge is 0.186 e. The van der Waals surface area contributed by atoms with Crippen molar-refractivity contribution in [1.29, 1.82) is 0 Å². The maximum Gasteiger partial charge on any atom is 0.186 e. The molecule has 7 nitrogen and oxygen atoms in total. The van der Waals surface area contributed by atoms with Crippen LogP contribution in [-0.4, -0.2) is 76.6 Å². The van der Waals surface area contributed by atoms with Gasteiger partial charge >= 0.3 is 0 Å². The second kappa shape index (κ2) is 6.25. The molecule has 2 fully saturated rings. The first-order valence-corrected chi connectivity index (χ1v) is 7.81. The van der Waals surface area contributed by atoms with Crippen LogP contribution in [0.3, 0.4) is 0 Å². The number of allylic oxidation sites excluding steroid dienone is 1. The highest BCUT2D eigenvalue weighted by Crippen LogP contribution is 2.48. The van der Waals surface area contributed by atoms with E-state index in [1.54, 1.807) is 0 Å². The topological polar surface area (TPSA) is 109 Å². The molecule has 4 N–H and O–H groups in total. The number of aliphatic hydroxyl groups is 4. The second-order valence-corrected chi connectivity index (χ2v) is 6.52. The summed E-state index contributed by atoms with van der Waals surface area (Å²) in [6.45, 7) is 6.13. The van der Waals surface area contributed by atoms with Gasteiger partial charge < -0.3 is 34.6 Å². The third-order valence-electron chi connectivity index (χ3n) is 5.21. The van der Waals surface area contributed by atoms with E-state index in [9.17, 15) is 20.4 Å². The Labute approximate surface area is 134 Å². The van der Waals surface area contributed by atoms with E-state index in [1.807, 2.05) is 6.92 Å². The molecule has 0 aromatic heterocycles. The van der Waals surface area contributed by atoms with Crippen molar-refractivity contribution < 1.29 is 34.6 Å². The molecular weight excluding hydrogens is 304 g/mol. The Balaban J connectivity index is 1.70. The largest absolute Gasteiger partial charge is 0.394 e. The van der Waals surface area contributed by atoms with Crippen LogP contribution in [0.2, 0.25) is 0 Å². The SMILES string of the molecule is C=C1COC2(COC3OC(CO)C(O)C(O)C3O)C(C)=CCC12. The monoisotopic (exact) mass is 328 g/mol. The zero-order chi connectivity index (χ0) is 16.8. The zero-order valence-electron chi connectivity index (χ0n) is 13.1. The van der Waals surface area contributed by atoms with Crippen LogP contribution in [0.5, 0.6) is 0 Å². The minimum absolute atomic E-state index is 0.132. The average molecular weight is 328 g/mol. The Hall–Kier alpha value is -0.800. The van der Waals surface area contributed by atoms with E-state index in [0.717, 1.165) is 17.6 Å². The number of hydrogen-bond donors (Lipinski definition) is 4. The van der Waals surface area contributed by atoms with Gasteiger partial charge in [-0.2, -0.15) is 0 Å². The summed E-state index contributed by atoms with van der Waals surface area (Å²) in [5.41, 5.74) is 1.44. The fraction of sp³-hybridized carbons (Fsp3) is 0.750. The van der Waals surface area contributed by atoms with E-state index in [0.29, 0.717) is 6.61 Å². The summed E-state index contributed by atoms with van der Waals surface area (Å²) < 4.78 is 17.0. The molecule has 0 spiro atoms. The lowest BCUT2D eigenvalue weighted by atomic mass is 9.85. The molecule has 0 amide bonds. The first kappa shape index (κ1) is 17.0. The zero-order valence-corrected chi connectivity index (χ0v) is 13.1. The van der Waals surface area contributed by atoms with Crippen LogP contribution in [0, 0.1) is 5.92 Å². The molecule has 1 aliphatic carbocycles. The number of rotatable bonds is 4. The Kier molecular flexibility index (Phi) is 4.63. The van der Waals surface area contributed by atoms with E-state index < -0.39 is 42.9 Å². The lowest BCUT2D eigenvalue weighted by molar-refractivity contribution is -0.308. The number of ether oxygens (including phenoxy) is 3. The van der Waals surface area contributed by atoms with Gasteiger partial charge in [0.25, 0.3) is 0 Å². The maximum absolute atomic E-state index is 10.0. The van der Waals surface area contributed by atoms with Crippen molar-refractivity contribution in [1.82, 2.24) is 0 Å². The summed E-state index contributed by atoms with van der Waals surface area (Å²) in [7, 11) is 0. The normalized spacial score (nSPS) is 46.8. The molecule has 7 atom stereocenters. The molecule has 7 unspecified atom stereocenters. The lowest BCUT2D eigenvalue weighted by Gasteiger charge is -2.41. The van der Waals surface area contributed by atoms with E-state index >= 15 is 0 Å². The van der Waals surface area contributed by atoms with Crippen molar-refractivity contribution in [2.75, 3.05) is 19.8 Å². The highest BCUT2D eigenvalue weighted by atomic mass is 16.7. The Bertz CT molecular complexity index is 503. The van der Waals surface area contributed by atoms with Crippen LogP contribution in [0.1, 0.15) is 13.3 Å². The van der Waals surface area contributed by atoms with Crippen LogP contribution >= 0.6 is 0 Å². The van der Waals surface area contributed by atoms with Crippen molar-refractivity contribution in [2.24, 2.45) is 5.92 Å². The maximum atomic E-state index is 10.0. The molecule has 130 valence electrons. The summed E-state index contributed by atoms with van der Waals surface area (Å²) in [5.74, 6) is 0.132. The Morgan fingerprint density at radius 1 is 1.30 bits per heavy atom. The fourth-order valence-corrected chi connectivity index (χ4v) is 3.63. The quantitative estimate of drug-likeness (QED) is 0.495. The highest BCUT2D eigenvalue weighted by molar-refractivity contribution is 5.34. The number of fused-ring (bicyclic) bond motifs is 1. The summed E-state index contributed by atoms with van der Waals surface area (Å²) in [6, 6.07) is 0. The van der Waals surface area contributed by atoms with Crippen molar-refractivity contribution in [3.8, 4) is 0 Å². The van der Waals surface area contributed by atoms with Crippen LogP contribution in [0.25, 0.3) is 0 Å². The van der Waals surface area contributed by atoms with Crippen LogP contribution in [0.4, 0.5) is 0 Å². The minimum atomic E-state index is -1.45. The summed E-state index contributed by atoms with van der Waals surface area (Å²) in [5, 5.41) is 38.8. The molecule has 2 saturated heterocycles. The predicted octanol–water partition coefficient (Wildman–Crippen LogP) is -0.906. The van der Waals surface area contributed by atoms with E-state index in [-0.39, 0.29) is 12.5 Å². The fourth-order valence-electron chi connectivity index (χ4n) is 3.63. The Morgan fingerprint density at radius 2 is 2.04 bits per heavy atom. The van der Waals surface area contributed by atoms with Gasteiger partial charge in [-0.25, -0.2) is 0 Å². The van der Waals surface area contributed by atoms with E-state index in [4.69, 9.17) is 14.2 Å². The lowest BCUT2D eigenvalue weighted by Crippen LogP contribution is -2.59. The van der Waals surface area contributed by atoms with Gasteiger partial charge in [-0.1, -0.05) is 12.7 Å². The summed E-state index contributed by atoms with van der Waals surface area (Å²) in [4.78, 5) is 0.